The Balaban J connectivity index is 2.60. The zero-order valence-corrected chi connectivity index (χ0v) is 13.3. The summed E-state index contributed by atoms with van der Waals surface area (Å²) >= 11 is 0. The van der Waals surface area contributed by atoms with Gasteiger partial charge in [-0.05, 0) is 25.5 Å². The number of benzene rings is 1. The molecule has 1 aromatic carbocycles. The Labute approximate surface area is 123 Å². The van der Waals surface area contributed by atoms with Crippen LogP contribution in [0.25, 0.3) is 0 Å². The lowest BCUT2D eigenvalue weighted by Crippen LogP contribution is -2.24. The van der Waals surface area contributed by atoms with Crippen molar-refractivity contribution in [1.82, 2.24) is 4.90 Å². The molecule has 0 saturated heterocycles. The summed E-state index contributed by atoms with van der Waals surface area (Å²) in [6, 6.07) is 8.14. The molecule has 1 amide bonds. The number of nitrogens with one attached hydrogen (secondary N) is 1. The monoisotopic (exact) mass is 276 g/mol. The first-order chi connectivity index (χ1) is 9.56. The summed E-state index contributed by atoms with van der Waals surface area (Å²) in [6.45, 7) is 4.41. The molecule has 0 bridgehead atoms. The Kier molecular flexibility index (Phi) is 7.13. The van der Waals surface area contributed by atoms with Gasteiger partial charge in [0, 0.05) is 25.8 Å². The molecule has 0 aromatic heterocycles. The molecule has 3 heteroatoms. The normalized spacial score (nSPS) is 12.0. The highest BCUT2D eigenvalue weighted by molar-refractivity contribution is 5.99. The van der Waals surface area contributed by atoms with Crippen molar-refractivity contribution in [2.45, 2.75) is 52.0 Å². The minimum absolute atomic E-state index is 0.0475. The van der Waals surface area contributed by atoms with Gasteiger partial charge < -0.3 is 10.2 Å². The van der Waals surface area contributed by atoms with E-state index >= 15 is 0 Å². The first-order valence-electron chi connectivity index (χ1n) is 7.63. The van der Waals surface area contributed by atoms with E-state index in [0.717, 1.165) is 17.7 Å². The second-order valence-corrected chi connectivity index (χ2v) is 5.64. The van der Waals surface area contributed by atoms with Crippen molar-refractivity contribution < 1.29 is 4.79 Å². The van der Waals surface area contributed by atoms with Crippen LogP contribution in [-0.4, -0.2) is 30.9 Å². The molecule has 0 fully saturated rings. The topological polar surface area (TPSA) is 32.3 Å². The fourth-order valence-corrected chi connectivity index (χ4v) is 2.25. The van der Waals surface area contributed by atoms with E-state index in [1.165, 1.54) is 25.7 Å². The lowest BCUT2D eigenvalue weighted by Gasteiger charge is -2.19. The predicted octanol–water partition coefficient (Wildman–Crippen LogP) is 4.16. The maximum Gasteiger partial charge on any atom is 0.255 e. The molecule has 112 valence electrons. The van der Waals surface area contributed by atoms with E-state index in [-0.39, 0.29) is 5.91 Å². The zero-order valence-electron chi connectivity index (χ0n) is 13.3. The van der Waals surface area contributed by atoms with Gasteiger partial charge in [0.1, 0.15) is 0 Å². The predicted molar refractivity (Wildman–Crippen MR) is 86.3 cm³/mol. The smallest absolute Gasteiger partial charge is 0.255 e. The van der Waals surface area contributed by atoms with Crippen LogP contribution in [0, 0.1) is 0 Å². The van der Waals surface area contributed by atoms with Crippen LogP contribution in [-0.2, 0) is 0 Å². The van der Waals surface area contributed by atoms with E-state index in [1.807, 2.05) is 24.3 Å². The number of para-hydroxylation sites is 1. The molecule has 0 heterocycles. The number of rotatable bonds is 8. The molecular weight excluding hydrogens is 248 g/mol. The number of hydrogen-bond donors (Lipinski definition) is 1. The van der Waals surface area contributed by atoms with Crippen molar-refractivity contribution in [2.75, 3.05) is 19.4 Å². The summed E-state index contributed by atoms with van der Waals surface area (Å²) in [5.41, 5.74) is 1.69. The third-order valence-electron chi connectivity index (χ3n) is 3.46. The van der Waals surface area contributed by atoms with Crippen molar-refractivity contribution >= 4 is 11.6 Å². The molecule has 3 nitrogen and oxygen atoms in total. The number of nitrogens with zero attached hydrogens (tertiary/aromatic N) is 1. The maximum atomic E-state index is 12.1. The Bertz CT molecular complexity index is 415. The van der Waals surface area contributed by atoms with Crippen LogP contribution in [0.15, 0.2) is 24.3 Å². The molecule has 0 aliphatic heterocycles. The fourth-order valence-electron chi connectivity index (χ4n) is 2.25. The lowest BCUT2D eigenvalue weighted by molar-refractivity contribution is 0.0828. The van der Waals surface area contributed by atoms with Crippen LogP contribution in [0.1, 0.15) is 56.3 Å². The maximum absolute atomic E-state index is 12.1. The molecule has 1 unspecified atom stereocenters. The molecule has 1 atom stereocenters. The van der Waals surface area contributed by atoms with Crippen molar-refractivity contribution in [3.8, 4) is 0 Å². The van der Waals surface area contributed by atoms with Crippen molar-refractivity contribution in [3.63, 3.8) is 0 Å². The van der Waals surface area contributed by atoms with E-state index in [2.05, 4.69) is 19.2 Å². The first-order valence-corrected chi connectivity index (χ1v) is 7.63. The standard InChI is InChI=1S/C17H28N2O/c1-5-6-7-8-11-14(2)18-16-13-10-9-12-15(16)17(20)19(3)4/h9-10,12-14,18H,5-8,11H2,1-4H3. The molecular formula is C17H28N2O. The highest BCUT2D eigenvalue weighted by Crippen LogP contribution is 2.19. The molecule has 20 heavy (non-hydrogen) atoms. The van der Waals surface area contributed by atoms with Gasteiger partial charge in [0.2, 0.25) is 0 Å². The number of amides is 1. The largest absolute Gasteiger partial charge is 0.382 e. The van der Waals surface area contributed by atoms with Gasteiger partial charge in [0.05, 0.1) is 5.56 Å². The second-order valence-electron chi connectivity index (χ2n) is 5.64. The number of carbonyl (C=O) groups excluding carboxylic acids is 1. The van der Waals surface area contributed by atoms with Crippen LogP contribution in [0.3, 0.4) is 0 Å². The SMILES string of the molecule is CCCCCCC(C)Nc1ccccc1C(=O)N(C)C. The second kappa shape index (κ2) is 8.62. The molecule has 0 saturated carbocycles. The average Bonchev–Trinajstić information content (AvgIpc) is 2.43. The summed E-state index contributed by atoms with van der Waals surface area (Å²) in [5.74, 6) is 0.0475. The molecule has 1 N–H and O–H groups in total. The Hall–Kier alpha value is -1.51. The molecule has 1 aromatic rings. The van der Waals surface area contributed by atoms with Crippen LogP contribution in [0.5, 0.6) is 0 Å². The minimum Gasteiger partial charge on any atom is -0.382 e. The van der Waals surface area contributed by atoms with E-state index in [4.69, 9.17) is 0 Å². The van der Waals surface area contributed by atoms with Gasteiger partial charge >= 0.3 is 0 Å². The van der Waals surface area contributed by atoms with Gasteiger partial charge in [0.15, 0.2) is 0 Å². The average molecular weight is 276 g/mol. The summed E-state index contributed by atoms with van der Waals surface area (Å²) < 4.78 is 0. The van der Waals surface area contributed by atoms with Crippen LogP contribution in [0.4, 0.5) is 5.69 Å². The van der Waals surface area contributed by atoms with Crippen LogP contribution >= 0.6 is 0 Å². The summed E-state index contributed by atoms with van der Waals surface area (Å²) in [7, 11) is 3.57. The van der Waals surface area contributed by atoms with Crippen LogP contribution in [0.2, 0.25) is 0 Å². The highest BCUT2D eigenvalue weighted by Gasteiger charge is 2.13. The van der Waals surface area contributed by atoms with Crippen molar-refractivity contribution in [2.24, 2.45) is 0 Å². The van der Waals surface area contributed by atoms with E-state index < -0.39 is 0 Å². The van der Waals surface area contributed by atoms with Gasteiger partial charge in [-0.1, -0.05) is 44.7 Å². The summed E-state index contributed by atoms with van der Waals surface area (Å²) in [6.07, 6.45) is 6.25. The molecule has 0 radical (unpaired) electrons. The third-order valence-corrected chi connectivity index (χ3v) is 3.46. The number of unbranched alkanes of at least 4 members (excludes halogenated alkanes) is 3. The van der Waals surface area contributed by atoms with E-state index in [1.54, 1.807) is 19.0 Å². The number of hydrogen-bond acceptors (Lipinski definition) is 2. The van der Waals surface area contributed by atoms with E-state index in [0.29, 0.717) is 6.04 Å². The van der Waals surface area contributed by atoms with Gasteiger partial charge in [-0.2, -0.15) is 0 Å². The zero-order chi connectivity index (χ0) is 15.0. The Morgan fingerprint density at radius 2 is 1.90 bits per heavy atom. The van der Waals surface area contributed by atoms with E-state index in [9.17, 15) is 4.79 Å². The summed E-state index contributed by atoms with van der Waals surface area (Å²) in [5, 5.41) is 3.48. The molecule has 0 spiro atoms. The van der Waals surface area contributed by atoms with Crippen LogP contribution < -0.4 is 5.32 Å². The molecule has 0 aliphatic carbocycles. The highest BCUT2D eigenvalue weighted by atomic mass is 16.2. The van der Waals surface area contributed by atoms with Gasteiger partial charge in [-0.3, -0.25) is 4.79 Å². The van der Waals surface area contributed by atoms with Crippen molar-refractivity contribution in [3.05, 3.63) is 29.8 Å². The third kappa shape index (κ3) is 5.24. The van der Waals surface area contributed by atoms with Gasteiger partial charge in [-0.15, -0.1) is 0 Å². The Morgan fingerprint density at radius 3 is 2.55 bits per heavy atom. The number of anilines is 1. The summed E-state index contributed by atoms with van der Waals surface area (Å²) in [4.78, 5) is 13.7. The quantitative estimate of drug-likeness (QED) is 0.723. The number of carbonyl (C=O) groups is 1. The van der Waals surface area contributed by atoms with Crippen molar-refractivity contribution in [1.29, 1.82) is 0 Å². The first kappa shape index (κ1) is 16.5. The Morgan fingerprint density at radius 1 is 1.20 bits per heavy atom. The lowest BCUT2D eigenvalue weighted by atomic mass is 10.1. The van der Waals surface area contributed by atoms with Gasteiger partial charge in [0.25, 0.3) is 5.91 Å². The van der Waals surface area contributed by atoms with Gasteiger partial charge in [-0.25, -0.2) is 0 Å². The molecule has 0 aliphatic rings. The minimum atomic E-state index is 0.0475. The fraction of sp³-hybridized carbons (Fsp3) is 0.588. The molecule has 1 rings (SSSR count).